The Morgan fingerprint density at radius 3 is 2.70 bits per heavy atom. The molecule has 106 valence electrons. The molecule has 1 unspecified atom stereocenters. The van der Waals surface area contributed by atoms with Crippen molar-refractivity contribution in [3.05, 3.63) is 68.0 Å². The van der Waals surface area contributed by atoms with E-state index in [1.54, 1.807) is 6.07 Å². The van der Waals surface area contributed by atoms with Gasteiger partial charge in [0.1, 0.15) is 5.82 Å². The van der Waals surface area contributed by atoms with Gasteiger partial charge in [0, 0.05) is 8.59 Å². The molecule has 0 amide bonds. The van der Waals surface area contributed by atoms with E-state index < -0.39 is 0 Å². The van der Waals surface area contributed by atoms with E-state index in [2.05, 4.69) is 34.8 Å². The fraction of sp³-hybridized carbons (Fsp3) is 0.250. The molecule has 2 rings (SSSR count). The number of hydrogen-bond acceptors (Lipinski definition) is 1. The molecule has 4 heteroatoms. The van der Waals surface area contributed by atoms with Crippen LogP contribution in [0.4, 0.5) is 4.39 Å². The van der Waals surface area contributed by atoms with E-state index in [1.807, 2.05) is 30.3 Å². The molecule has 0 saturated carbocycles. The van der Waals surface area contributed by atoms with Crippen molar-refractivity contribution in [2.24, 2.45) is 0 Å². The van der Waals surface area contributed by atoms with Crippen LogP contribution in [-0.4, -0.2) is 6.54 Å². The van der Waals surface area contributed by atoms with E-state index in [1.165, 1.54) is 6.07 Å². The molecule has 20 heavy (non-hydrogen) atoms. The van der Waals surface area contributed by atoms with Gasteiger partial charge in [0.25, 0.3) is 0 Å². The summed E-state index contributed by atoms with van der Waals surface area (Å²) in [6.45, 7) is 3.02. The van der Waals surface area contributed by atoms with Crippen LogP contribution in [0.1, 0.15) is 30.5 Å². The lowest BCUT2D eigenvalue weighted by Gasteiger charge is -2.21. The average Bonchev–Trinajstić information content (AvgIpc) is 2.41. The second-order valence-corrected chi connectivity index (χ2v) is 6.21. The van der Waals surface area contributed by atoms with Crippen LogP contribution in [0.15, 0.2) is 42.5 Å². The summed E-state index contributed by atoms with van der Waals surface area (Å²) in [6.07, 6.45) is 1.04. The second-order valence-electron chi connectivity index (χ2n) is 4.61. The number of nitrogens with one attached hydrogen (secondary N) is 1. The Labute approximate surface area is 137 Å². The predicted molar refractivity (Wildman–Crippen MR) is 90.7 cm³/mol. The molecule has 1 atom stereocenters. The van der Waals surface area contributed by atoms with Crippen LogP contribution in [-0.2, 0) is 0 Å². The van der Waals surface area contributed by atoms with Gasteiger partial charge in [0.15, 0.2) is 0 Å². The molecule has 2 aromatic carbocycles. The molecule has 2 aromatic rings. The molecule has 0 spiro atoms. The smallest absolute Gasteiger partial charge is 0.124 e. The Morgan fingerprint density at radius 2 is 2.05 bits per heavy atom. The molecule has 0 heterocycles. The predicted octanol–water partition coefficient (Wildman–Crippen LogP) is 5.17. The monoisotopic (exact) mass is 403 g/mol. The minimum absolute atomic E-state index is 0.0288. The minimum atomic E-state index is -0.210. The van der Waals surface area contributed by atoms with Gasteiger partial charge in [0.05, 0.1) is 6.04 Å². The first kappa shape index (κ1) is 15.7. The Kier molecular flexibility index (Phi) is 5.81. The second kappa shape index (κ2) is 7.38. The third-order valence-electron chi connectivity index (χ3n) is 3.05. The first-order chi connectivity index (χ1) is 9.61. The third-order valence-corrected chi connectivity index (χ3v) is 4.22. The number of halogens is 3. The lowest BCUT2D eigenvalue weighted by Crippen LogP contribution is -2.24. The topological polar surface area (TPSA) is 12.0 Å². The van der Waals surface area contributed by atoms with E-state index in [4.69, 9.17) is 11.6 Å². The minimum Gasteiger partial charge on any atom is -0.306 e. The van der Waals surface area contributed by atoms with E-state index >= 15 is 0 Å². The molecule has 0 saturated heterocycles. The zero-order valence-electron chi connectivity index (χ0n) is 11.2. The highest BCUT2D eigenvalue weighted by atomic mass is 127. The lowest BCUT2D eigenvalue weighted by molar-refractivity contribution is 0.590. The molecule has 0 aliphatic carbocycles. The van der Waals surface area contributed by atoms with Gasteiger partial charge in [-0.25, -0.2) is 4.39 Å². The van der Waals surface area contributed by atoms with Gasteiger partial charge in [-0.1, -0.05) is 36.7 Å². The van der Waals surface area contributed by atoms with Crippen LogP contribution in [0.25, 0.3) is 0 Å². The van der Waals surface area contributed by atoms with Crippen LogP contribution >= 0.6 is 34.2 Å². The summed E-state index contributed by atoms with van der Waals surface area (Å²) in [4.78, 5) is 0. The zero-order valence-corrected chi connectivity index (χ0v) is 14.1. The highest BCUT2D eigenvalue weighted by Crippen LogP contribution is 2.28. The highest BCUT2D eigenvalue weighted by Gasteiger charge is 2.16. The van der Waals surface area contributed by atoms with Crippen LogP contribution in [0, 0.1) is 9.39 Å². The summed E-state index contributed by atoms with van der Waals surface area (Å²) in [5, 5.41) is 4.21. The van der Waals surface area contributed by atoms with Gasteiger partial charge in [-0.15, -0.1) is 0 Å². The lowest BCUT2D eigenvalue weighted by atomic mass is 9.98. The van der Waals surface area contributed by atoms with E-state index in [0.717, 1.165) is 27.7 Å². The molecule has 0 aliphatic rings. The number of rotatable bonds is 5. The molecule has 0 aliphatic heterocycles. The maximum absolute atomic E-state index is 13.3. The SMILES string of the molecule is CCCNC(c1cccc(Cl)c1)c1ccc(F)cc1I. The summed E-state index contributed by atoms with van der Waals surface area (Å²) < 4.78 is 14.2. The van der Waals surface area contributed by atoms with Gasteiger partial charge in [-0.05, 0) is 70.9 Å². The molecule has 1 N–H and O–H groups in total. The fourth-order valence-electron chi connectivity index (χ4n) is 2.12. The van der Waals surface area contributed by atoms with Crippen LogP contribution in [0.3, 0.4) is 0 Å². The van der Waals surface area contributed by atoms with Gasteiger partial charge >= 0.3 is 0 Å². The summed E-state index contributed by atoms with van der Waals surface area (Å²) in [7, 11) is 0. The van der Waals surface area contributed by atoms with Crippen LogP contribution < -0.4 is 5.32 Å². The Hall–Kier alpha value is -0.650. The maximum Gasteiger partial charge on any atom is 0.124 e. The molecule has 1 nitrogen and oxygen atoms in total. The van der Waals surface area contributed by atoms with Crippen LogP contribution in [0.5, 0.6) is 0 Å². The molecule has 0 fully saturated rings. The Balaban J connectivity index is 2.41. The molecular formula is C16H16ClFIN. The van der Waals surface area contributed by atoms with E-state index in [0.29, 0.717) is 5.02 Å². The number of benzene rings is 2. The van der Waals surface area contributed by atoms with Crippen molar-refractivity contribution in [2.75, 3.05) is 6.54 Å². The summed E-state index contributed by atoms with van der Waals surface area (Å²) in [5.74, 6) is -0.210. The fourth-order valence-corrected chi connectivity index (χ4v) is 3.11. The van der Waals surface area contributed by atoms with Gasteiger partial charge < -0.3 is 5.32 Å². The van der Waals surface area contributed by atoms with Crippen molar-refractivity contribution < 1.29 is 4.39 Å². The molecular weight excluding hydrogens is 388 g/mol. The molecule has 0 radical (unpaired) electrons. The number of hydrogen-bond donors (Lipinski definition) is 1. The van der Waals surface area contributed by atoms with E-state index in [-0.39, 0.29) is 11.9 Å². The summed E-state index contributed by atoms with van der Waals surface area (Å²) in [6, 6.07) is 12.7. The maximum atomic E-state index is 13.3. The van der Waals surface area contributed by atoms with Crippen LogP contribution in [0.2, 0.25) is 5.02 Å². The van der Waals surface area contributed by atoms with Crippen molar-refractivity contribution >= 4 is 34.2 Å². The first-order valence-electron chi connectivity index (χ1n) is 6.55. The van der Waals surface area contributed by atoms with Crippen molar-refractivity contribution in [3.8, 4) is 0 Å². The first-order valence-corrected chi connectivity index (χ1v) is 8.01. The van der Waals surface area contributed by atoms with Crippen molar-refractivity contribution in [1.82, 2.24) is 5.32 Å². The van der Waals surface area contributed by atoms with Gasteiger partial charge in [-0.3, -0.25) is 0 Å². The quantitative estimate of drug-likeness (QED) is 0.679. The van der Waals surface area contributed by atoms with Crippen molar-refractivity contribution in [1.29, 1.82) is 0 Å². The largest absolute Gasteiger partial charge is 0.306 e. The standard InChI is InChI=1S/C16H16ClFIN/c1-2-8-20-16(11-4-3-5-12(17)9-11)14-7-6-13(18)10-15(14)19/h3-7,9-10,16,20H,2,8H2,1H3. The van der Waals surface area contributed by atoms with Gasteiger partial charge in [0.2, 0.25) is 0 Å². The van der Waals surface area contributed by atoms with Crippen molar-refractivity contribution in [3.63, 3.8) is 0 Å². The normalized spacial score (nSPS) is 12.4. The van der Waals surface area contributed by atoms with Gasteiger partial charge in [-0.2, -0.15) is 0 Å². The Bertz CT molecular complexity index is 588. The van der Waals surface area contributed by atoms with E-state index in [9.17, 15) is 4.39 Å². The summed E-state index contributed by atoms with van der Waals surface area (Å²) >= 11 is 8.26. The third kappa shape index (κ3) is 3.93. The zero-order chi connectivity index (χ0) is 14.5. The highest BCUT2D eigenvalue weighted by molar-refractivity contribution is 14.1. The average molecular weight is 404 g/mol. The molecule has 0 bridgehead atoms. The summed E-state index contributed by atoms with van der Waals surface area (Å²) in [5.41, 5.74) is 2.16. The molecule has 0 aromatic heterocycles. The Morgan fingerprint density at radius 1 is 1.25 bits per heavy atom. The van der Waals surface area contributed by atoms with Crippen molar-refractivity contribution in [2.45, 2.75) is 19.4 Å².